The molecule has 0 radical (unpaired) electrons. The molecule has 2 aromatic carbocycles. The summed E-state index contributed by atoms with van der Waals surface area (Å²) >= 11 is 0. The molecule has 0 saturated carbocycles. The van der Waals surface area contributed by atoms with Crippen LogP contribution in [0.25, 0.3) is 0 Å². The first-order valence-electron chi connectivity index (χ1n) is 13.9. The summed E-state index contributed by atoms with van der Waals surface area (Å²) in [6.45, 7) is 12.3. The average Bonchev–Trinajstić information content (AvgIpc) is 2.92. The van der Waals surface area contributed by atoms with Gasteiger partial charge in [-0.05, 0) is 65.2 Å². The fraction of sp³-hybridized carbons (Fsp3) is 0.469. The third-order valence-electron chi connectivity index (χ3n) is 7.55. The zero-order chi connectivity index (χ0) is 28.9. The number of hydrogen-bond acceptors (Lipinski definition) is 5. The standard InChI is InChI=1S/C32H39F2N3O3/c1-6-39-20-32(5,40-19-24-15-21(2)14-22(3)16-24)27-18-35-23(4)36-31(27)25-10-12-37(13-11-25)30(38)17-26-28(33)8-7-9-29(26)34/h7-9,14-16,18,25H,6,10-13,17,19-20H2,1-5H3. The molecule has 0 spiro atoms. The molecule has 0 aliphatic carbocycles. The van der Waals surface area contributed by atoms with Crippen molar-refractivity contribution >= 4 is 5.91 Å². The lowest BCUT2D eigenvalue weighted by Gasteiger charge is -2.36. The number of likely N-dealkylation sites (tertiary alicyclic amines) is 1. The number of amides is 1. The molecule has 8 heteroatoms. The van der Waals surface area contributed by atoms with E-state index in [9.17, 15) is 13.6 Å². The van der Waals surface area contributed by atoms with Crippen LogP contribution in [0.3, 0.4) is 0 Å². The SMILES string of the molecule is CCOCC(C)(OCc1cc(C)cc(C)c1)c1cnc(C)nc1C1CCN(C(=O)Cc2c(F)cccc2F)CC1. The van der Waals surface area contributed by atoms with E-state index in [4.69, 9.17) is 14.5 Å². The summed E-state index contributed by atoms with van der Waals surface area (Å²) in [6, 6.07) is 10.0. The van der Waals surface area contributed by atoms with Crippen LogP contribution in [0.5, 0.6) is 0 Å². The maximum Gasteiger partial charge on any atom is 0.227 e. The number of aryl methyl sites for hydroxylation is 3. The Morgan fingerprint density at radius 3 is 2.35 bits per heavy atom. The Hall–Kier alpha value is -3.23. The van der Waals surface area contributed by atoms with Gasteiger partial charge in [-0.1, -0.05) is 35.4 Å². The molecule has 214 valence electrons. The second kappa shape index (κ2) is 13.0. The van der Waals surface area contributed by atoms with E-state index < -0.39 is 17.2 Å². The average molecular weight is 552 g/mol. The zero-order valence-electron chi connectivity index (χ0n) is 24.1. The molecule has 1 aromatic heterocycles. The predicted molar refractivity (Wildman–Crippen MR) is 150 cm³/mol. The molecular weight excluding hydrogens is 512 g/mol. The van der Waals surface area contributed by atoms with Gasteiger partial charge in [0.05, 0.1) is 25.3 Å². The van der Waals surface area contributed by atoms with Crippen LogP contribution in [0.1, 0.15) is 71.9 Å². The van der Waals surface area contributed by atoms with Gasteiger partial charge in [-0.2, -0.15) is 0 Å². The number of piperidine rings is 1. The number of benzene rings is 2. The molecule has 1 amide bonds. The van der Waals surface area contributed by atoms with Gasteiger partial charge in [0.25, 0.3) is 0 Å². The monoisotopic (exact) mass is 551 g/mol. The van der Waals surface area contributed by atoms with Crippen molar-refractivity contribution in [3.8, 4) is 0 Å². The van der Waals surface area contributed by atoms with Crippen LogP contribution in [-0.4, -0.2) is 47.1 Å². The predicted octanol–water partition coefficient (Wildman–Crippen LogP) is 6.10. The maximum absolute atomic E-state index is 14.1. The number of aromatic nitrogens is 2. The third-order valence-corrected chi connectivity index (χ3v) is 7.55. The van der Waals surface area contributed by atoms with Gasteiger partial charge in [-0.15, -0.1) is 0 Å². The number of rotatable bonds is 10. The van der Waals surface area contributed by atoms with Crippen molar-refractivity contribution in [1.29, 1.82) is 0 Å². The summed E-state index contributed by atoms with van der Waals surface area (Å²) in [4.78, 5) is 24.0. The van der Waals surface area contributed by atoms with E-state index in [-0.39, 0.29) is 23.8 Å². The minimum Gasteiger partial charge on any atom is -0.378 e. The Morgan fingerprint density at radius 2 is 1.73 bits per heavy atom. The van der Waals surface area contributed by atoms with Gasteiger partial charge in [0.1, 0.15) is 23.1 Å². The van der Waals surface area contributed by atoms with Crippen LogP contribution in [0.4, 0.5) is 8.78 Å². The number of ether oxygens (including phenoxy) is 2. The minimum absolute atomic E-state index is 0.0803. The second-order valence-corrected chi connectivity index (χ2v) is 10.9. The van der Waals surface area contributed by atoms with Crippen LogP contribution >= 0.6 is 0 Å². The van der Waals surface area contributed by atoms with Crippen molar-refractivity contribution in [1.82, 2.24) is 14.9 Å². The van der Waals surface area contributed by atoms with E-state index in [2.05, 4.69) is 37.0 Å². The maximum atomic E-state index is 14.1. The second-order valence-electron chi connectivity index (χ2n) is 10.9. The summed E-state index contributed by atoms with van der Waals surface area (Å²) in [7, 11) is 0. The number of hydrogen-bond donors (Lipinski definition) is 0. The first-order valence-corrected chi connectivity index (χ1v) is 13.9. The summed E-state index contributed by atoms with van der Waals surface area (Å²) in [6.07, 6.45) is 2.91. The molecule has 4 rings (SSSR count). The molecule has 1 aliphatic rings. The quantitative estimate of drug-likeness (QED) is 0.305. The molecule has 3 aromatic rings. The molecule has 40 heavy (non-hydrogen) atoms. The molecule has 0 bridgehead atoms. The topological polar surface area (TPSA) is 64.6 Å². The van der Waals surface area contributed by atoms with Gasteiger partial charge in [0.15, 0.2) is 0 Å². The van der Waals surface area contributed by atoms with E-state index >= 15 is 0 Å². The third kappa shape index (κ3) is 7.09. The van der Waals surface area contributed by atoms with Gasteiger partial charge >= 0.3 is 0 Å². The van der Waals surface area contributed by atoms with Crippen LogP contribution in [0, 0.1) is 32.4 Å². The van der Waals surface area contributed by atoms with E-state index in [0.717, 1.165) is 16.8 Å². The molecule has 0 N–H and O–H groups in total. The summed E-state index contributed by atoms with van der Waals surface area (Å²) in [5, 5.41) is 0. The number of nitrogens with zero attached hydrogens (tertiary/aromatic N) is 3. The van der Waals surface area contributed by atoms with E-state index in [1.54, 1.807) is 4.90 Å². The van der Waals surface area contributed by atoms with Crippen molar-refractivity contribution in [3.63, 3.8) is 0 Å². The smallest absolute Gasteiger partial charge is 0.227 e. The van der Waals surface area contributed by atoms with Gasteiger partial charge in [-0.3, -0.25) is 4.79 Å². The highest BCUT2D eigenvalue weighted by Crippen LogP contribution is 2.37. The van der Waals surface area contributed by atoms with Gasteiger partial charge in [0.2, 0.25) is 5.91 Å². The lowest BCUT2D eigenvalue weighted by Crippen LogP contribution is -2.40. The van der Waals surface area contributed by atoms with Crippen molar-refractivity contribution < 1.29 is 23.0 Å². The fourth-order valence-corrected chi connectivity index (χ4v) is 5.46. The van der Waals surface area contributed by atoms with E-state index in [0.29, 0.717) is 51.6 Å². The molecule has 1 atom stereocenters. The molecule has 1 aliphatic heterocycles. The zero-order valence-corrected chi connectivity index (χ0v) is 24.1. The Morgan fingerprint density at radius 1 is 1.07 bits per heavy atom. The van der Waals surface area contributed by atoms with Crippen LogP contribution < -0.4 is 0 Å². The van der Waals surface area contributed by atoms with Gasteiger partial charge in [0, 0.05) is 42.9 Å². The molecule has 2 heterocycles. The molecule has 1 fully saturated rings. The summed E-state index contributed by atoms with van der Waals surface area (Å²) in [5.74, 6) is -0.922. The number of carbonyl (C=O) groups excluding carboxylic acids is 1. The van der Waals surface area contributed by atoms with Crippen LogP contribution in [-0.2, 0) is 32.9 Å². The van der Waals surface area contributed by atoms with Crippen molar-refractivity contribution in [2.45, 2.75) is 72.0 Å². The van der Waals surface area contributed by atoms with E-state index in [1.165, 1.54) is 29.3 Å². The first-order chi connectivity index (χ1) is 19.1. The van der Waals surface area contributed by atoms with Crippen LogP contribution in [0.2, 0.25) is 0 Å². The fourth-order valence-electron chi connectivity index (χ4n) is 5.46. The lowest BCUT2D eigenvalue weighted by molar-refractivity contribution is -0.131. The summed E-state index contributed by atoms with van der Waals surface area (Å²) < 4.78 is 40.7. The van der Waals surface area contributed by atoms with Crippen LogP contribution in [0.15, 0.2) is 42.6 Å². The van der Waals surface area contributed by atoms with Gasteiger partial charge < -0.3 is 14.4 Å². The lowest BCUT2D eigenvalue weighted by atomic mass is 9.85. The summed E-state index contributed by atoms with van der Waals surface area (Å²) in [5.41, 5.74) is 4.28. The highest BCUT2D eigenvalue weighted by molar-refractivity contribution is 5.79. The molecule has 1 saturated heterocycles. The van der Waals surface area contributed by atoms with Crippen molar-refractivity contribution in [3.05, 3.63) is 93.6 Å². The number of halogens is 2. The molecule has 6 nitrogen and oxygen atoms in total. The van der Waals surface area contributed by atoms with E-state index in [1.807, 2.05) is 27.0 Å². The number of carbonyl (C=O) groups is 1. The normalized spacial score (nSPS) is 15.7. The Labute approximate surface area is 235 Å². The first kappa shape index (κ1) is 29.7. The van der Waals surface area contributed by atoms with Crippen molar-refractivity contribution in [2.75, 3.05) is 26.3 Å². The minimum atomic E-state index is -0.786. The Kier molecular flexibility index (Phi) is 9.64. The molecule has 1 unspecified atom stereocenters. The largest absolute Gasteiger partial charge is 0.378 e. The Balaban J connectivity index is 1.52. The highest BCUT2D eigenvalue weighted by Gasteiger charge is 2.36. The highest BCUT2D eigenvalue weighted by atomic mass is 19.1. The van der Waals surface area contributed by atoms with Crippen molar-refractivity contribution in [2.24, 2.45) is 0 Å². The van der Waals surface area contributed by atoms with Gasteiger partial charge in [-0.25, -0.2) is 18.7 Å². The molecular formula is C32H39F2N3O3. The Bertz CT molecular complexity index is 1300.